The molecule has 1 amide bonds. The lowest BCUT2D eigenvalue weighted by Gasteiger charge is -2.27. The number of nitrogens with zero attached hydrogens (tertiary/aromatic N) is 1. The fourth-order valence-electron chi connectivity index (χ4n) is 2.92. The number of amides is 1. The molecule has 1 atom stereocenters. The second kappa shape index (κ2) is 11.7. The average Bonchev–Trinajstić information content (AvgIpc) is 2.62. The highest BCUT2D eigenvalue weighted by Gasteiger charge is 2.21. The molecule has 0 aliphatic carbocycles. The lowest BCUT2D eigenvalue weighted by Crippen LogP contribution is -2.51. The van der Waals surface area contributed by atoms with Gasteiger partial charge in [0.25, 0.3) is 0 Å². The molecule has 1 aromatic carbocycles. The molecule has 0 bridgehead atoms. The summed E-state index contributed by atoms with van der Waals surface area (Å²) < 4.78 is 10.7. The standard InChI is InChI=1S/C17H25N3O3.2ClH/c21-17(16-13-23-8-5-18-16)19-11-14-3-1-2-4-15(14)12-20-6-9-22-10-7-20;;/h1-4,16,18H,5-13H2,(H,19,21);2*1H. The number of hydrogen-bond donors (Lipinski definition) is 2. The van der Waals surface area contributed by atoms with Gasteiger partial charge in [-0.05, 0) is 11.1 Å². The fraction of sp³-hybridized carbons (Fsp3) is 0.588. The van der Waals surface area contributed by atoms with Gasteiger partial charge in [-0.1, -0.05) is 24.3 Å². The van der Waals surface area contributed by atoms with Gasteiger partial charge in [0.05, 0.1) is 26.4 Å². The zero-order valence-corrected chi connectivity index (χ0v) is 15.9. The molecule has 1 aromatic rings. The Morgan fingerprint density at radius 2 is 1.84 bits per heavy atom. The number of ether oxygens (including phenoxy) is 2. The van der Waals surface area contributed by atoms with Crippen molar-refractivity contribution < 1.29 is 14.3 Å². The molecular weight excluding hydrogens is 365 g/mol. The minimum absolute atomic E-state index is 0. The van der Waals surface area contributed by atoms with Crippen LogP contribution >= 0.6 is 24.8 Å². The van der Waals surface area contributed by atoms with Gasteiger partial charge >= 0.3 is 0 Å². The predicted molar refractivity (Wildman–Crippen MR) is 101 cm³/mol. The number of benzene rings is 1. The van der Waals surface area contributed by atoms with Crippen molar-refractivity contribution in [3.05, 3.63) is 35.4 Å². The molecule has 2 N–H and O–H groups in total. The largest absolute Gasteiger partial charge is 0.379 e. The van der Waals surface area contributed by atoms with Gasteiger partial charge in [-0.3, -0.25) is 9.69 Å². The number of halogens is 2. The van der Waals surface area contributed by atoms with Crippen molar-refractivity contribution in [2.24, 2.45) is 0 Å². The number of nitrogens with one attached hydrogen (secondary N) is 2. The lowest BCUT2D eigenvalue weighted by molar-refractivity contribution is -0.126. The van der Waals surface area contributed by atoms with Crippen LogP contribution in [0.25, 0.3) is 0 Å². The molecule has 3 rings (SSSR count). The monoisotopic (exact) mass is 391 g/mol. The number of carbonyl (C=O) groups excluding carboxylic acids is 1. The SMILES string of the molecule is Cl.Cl.O=C(NCc1ccccc1CN1CCOCC1)C1COCCN1. The number of rotatable bonds is 5. The minimum atomic E-state index is -0.241. The minimum Gasteiger partial charge on any atom is -0.379 e. The van der Waals surface area contributed by atoms with E-state index in [0.717, 1.165) is 39.4 Å². The van der Waals surface area contributed by atoms with Gasteiger partial charge in [-0.15, -0.1) is 24.8 Å². The average molecular weight is 392 g/mol. The third-order valence-corrected chi connectivity index (χ3v) is 4.31. The second-order valence-electron chi connectivity index (χ2n) is 5.96. The third-order valence-electron chi connectivity index (χ3n) is 4.31. The van der Waals surface area contributed by atoms with E-state index in [9.17, 15) is 4.79 Å². The first-order valence-electron chi connectivity index (χ1n) is 8.28. The Balaban J connectivity index is 0.00000156. The Morgan fingerprint density at radius 3 is 2.52 bits per heavy atom. The lowest BCUT2D eigenvalue weighted by atomic mass is 10.1. The van der Waals surface area contributed by atoms with Crippen LogP contribution in [-0.2, 0) is 27.4 Å². The second-order valence-corrected chi connectivity index (χ2v) is 5.96. The smallest absolute Gasteiger partial charge is 0.239 e. The van der Waals surface area contributed by atoms with Crippen LogP contribution in [0.4, 0.5) is 0 Å². The highest BCUT2D eigenvalue weighted by atomic mass is 35.5. The van der Waals surface area contributed by atoms with Gasteiger partial charge in [0.1, 0.15) is 6.04 Å². The molecule has 0 radical (unpaired) electrons. The van der Waals surface area contributed by atoms with E-state index < -0.39 is 0 Å². The molecule has 2 heterocycles. The normalized spacial score (nSPS) is 20.9. The van der Waals surface area contributed by atoms with Crippen LogP contribution in [0.15, 0.2) is 24.3 Å². The summed E-state index contributed by atoms with van der Waals surface area (Å²) in [7, 11) is 0. The van der Waals surface area contributed by atoms with Gasteiger partial charge in [0.15, 0.2) is 0 Å². The number of morpholine rings is 2. The molecule has 142 valence electrons. The summed E-state index contributed by atoms with van der Waals surface area (Å²) in [5.74, 6) is 0.00544. The van der Waals surface area contributed by atoms with Crippen LogP contribution in [0.5, 0.6) is 0 Å². The molecule has 2 aliphatic rings. The van der Waals surface area contributed by atoms with Crippen molar-refractivity contribution in [3.8, 4) is 0 Å². The summed E-state index contributed by atoms with van der Waals surface area (Å²) >= 11 is 0. The fourth-order valence-corrected chi connectivity index (χ4v) is 2.92. The van der Waals surface area contributed by atoms with E-state index >= 15 is 0 Å². The van der Waals surface area contributed by atoms with E-state index in [1.54, 1.807) is 0 Å². The molecule has 2 aliphatic heterocycles. The van der Waals surface area contributed by atoms with Crippen LogP contribution in [0.1, 0.15) is 11.1 Å². The molecule has 0 spiro atoms. The quantitative estimate of drug-likeness (QED) is 0.782. The molecular formula is C17H27Cl2N3O3. The van der Waals surface area contributed by atoms with E-state index in [4.69, 9.17) is 9.47 Å². The number of hydrogen-bond acceptors (Lipinski definition) is 5. The predicted octanol–water partition coefficient (Wildman–Crippen LogP) is 0.967. The molecule has 6 nitrogen and oxygen atoms in total. The van der Waals surface area contributed by atoms with Crippen molar-refractivity contribution in [1.82, 2.24) is 15.5 Å². The Kier molecular flexibility index (Phi) is 10.3. The summed E-state index contributed by atoms with van der Waals surface area (Å²) in [6, 6.07) is 8.05. The highest BCUT2D eigenvalue weighted by molar-refractivity contribution is 5.85. The van der Waals surface area contributed by atoms with Gasteiger partial charge in [-0.2, -0.15) is 0 Å². The molecule has 2 fully saturated rings. The highest BCUT2D eigenvalue weighted by Crippen LogP contribution is 2.13. The van der Waals surface area contributed by atoms with Crippen LogP contribution in [0.2, 0.25) is 0 Å². The van der Waals surface area contributed by atoms with Crippen molar-refractivity contribution in [3.63, 3.8) is 0 Å². The molecule has 2 saturated heterocycles. The summed E-state index contributed by atoms with van der Waals surface area (Å²) in [6.45, 7) is 6.82. The van der Waals surface area contributed by atoms with Crippen molar-refractivity contribution in [2.75, 3.05) is 46.1 Å². The van der Waals surface area contributed by atoms with E-state index in [1.807, 2.05) is 6.07 Å². The molecule has 0 aromatic heterocycles. The maximum absolute atomic E-state index is 12.2. The maximum Gasteiger partial charge on any atom is 0.239 e. The van der Waals surface area contributed by atoms with Crippen LogP contribution in [0.3, 0.4) is 0 Å². The summed E-state index contributed by atoms with van der Waals surface area (Å²) in [5, 5.41) is 6.20. The van der Waals surface area contributed by atoms with Gasteiger partial charge < -0.3 is 20.1 Å². The van der Waals surface area contributed by atoms with E-state index in [2.05, 4.69) is 33.7 Å². The maximum atomic E-state index is 12.2. The summed E-state index contributed by atoms with van der Waals surface area (Å²) in [6.07, 6.45) is 0. The third kappa shape index (κ3) is 6.73. The van der Waals surface area contributed by atoms with Crippen molar-refractivity contribution >= 4 is 30.7 Å². The molecule has 0 saturated carbocycles. The van der Waals surface area contributed by atoms with Gasteiger partial charge in [0.2, 0.25) is 5.91 Å². The summed E-state index contributed by atoms with van der Waals surface area (Å²) in [5.41, 5.74) is 2.44. The topological polar surface area (TPSA) is 62.8 Å². The molecule has 1 unspecified atom stereocenters. The Bertz CT molecular complexity index is 522. The van der Waals surface area contributed by atoms with E-state index in [0.29, 0.717) is 19.8 Å². The van der Waals surface area contributed by atoms with Crippen LogP contribution < -0.4 is 10.6 Å². The number of carbonyl (C=O) groups is 1. The van der Waals surface area contributed by atoms with E-state index in [1.165, 1.54) is 11.1 Å². The van der Waals surface area contributed by atoms with Crippen molar-refractivity contribution in [2.45, 2.75) is 19.1 Å². The summed E-state index contributed by atoms with van der Waals surface area (Å²) in [4.78, 5) is 14.6. The van der Waals surface area contributed by atoms with Gasteiger partial charge in [0, 0.05) is 32.7 Å². The Hall–Kier alpha value is -0.890. The first-order valence-corrected chi connectivity index (χ1v) is 8.28. The Morgan fingerprint density at radius 1 is 1.12 bits per heavy atom. The molecule has 25 heavy (non-hydrogen) atoms. The first kappa shape index (κ1) is 22.2. The zero-order chi connectivity index (χ0) is 15.9. The zero-order valence-electron chi connectivity index (χ0n) is 14.2. The van der Waals surface area contributed by atoms with Crippen LogP contribution in [0, 0.1) is 0 Å². The molecule has 8 heteroatoms. The Labute approximate surface area is 161 Å². The van der Waals surface area contributed by atoms with E-state index in [-0.39, 0.29) is 36.8 Å². The first-order chi connectivity index (χ1) is 11.3. The van der Waals surface area contributed by atoms with Crippen molar-refractivity contribution in [1.29, 1.82) is 0 Å². The van der Waals surface area contributed by atoms with Gasteiger partial charge in [-0.25, -0.2) is 0 Å². The van der Waals surface area contributed by atoms with Crippen LogP contribution in [-0.4, -0.2) is 62.9 Å².